The number of pyridine rings is 1. The molecule has 5 fully saturated rings. The molecule has 5 atom stereocenters. The Balaban J connectivity index is 1.18. The molecule has 38 heavy (non-hydrogen) atoms. The van der Waals surface area contributed by atoms with Gasteiger partial charge in [-0.3, -0.25) is 9.80 Å². The predicted molar refractivity (Wildman–Crippen MR) is 140 cm³/mol. The van der Waals surface area contributed by atoms with Gasteiger partial charge in [0.05, 0.1) is 23.0 Å². The zero-order valence-electron chi connectivity index (χ0n) is 22.1. The van der Waals surface area contributed by atoms with Crippen molar-refractivity contribution >= 4 is 34.4 Å². The molecule has 1 aliphatic carbocycles. The van der Waals surface area contributed by atoms with Crippen LogP contribution in [0.4, 0.5) is 15.0 Å². The van der Waals surface area contributed by atoms with Crippen molar-refractivity contribution in [2.24, 2.45) is 5.92 Å². The van der Waals surface area contributed by atoms with E-state index in [9.17, 15) is 4.79 Å². The van der Waals surface area contributed by atoms with Crippen molar-refractivity contribution in [3.8, 4) is 6.01 Å². The Morgan fingerprint density at radius 2 is 2.00 bits per heavy atom. The molecule has 204 valence electrons. The lowest BCUT2D eigenvalue weighted by molar-refractivity contribution is 0.0122. The Hall–Kier alpha value is -2.46. The van der Waals surface area contributed by atoms with Crippen LogP contribution in [0.5, 0.6) is 6.01 Å². The summed E-state index contributed by atoms with van der Waals surface area (Å²) in [5, 5.41) is 0.270. The topological polar surface area (TPSA) is 83.9 Å². The number of carbonyl (C=O) groups is 1. The Kier molecular flexibility index (Phi) is 5.51. The van der Waals surface area contributed by atoms with E-state index in [0.29, 0.717) is 36.9 Å². The van der Waals surface area contributed by atoms with Gasteiger partial charge in [0, 0.05) is 25.3 Å². The number of hydrogen-bond acceptors (Lipinski definition) is 8. The number of piperazine rings is 1. The first-order chi connectivity index (χ1) is 18.1. The molecule has 1 amide bonds. The molecule has 3 unspecified atom stereocenters. The molecule has 6 heterocycles. The number of anilines is 1. The van der Waals surface area contributed by atoms with Gasteiger partial charge in [-0.1, -0.05) is 11.6 Å². The molecule has 1 saturated carbocycles. The number of aromatic nitrogens is 3. The first kappa shape index (κ1) is 24.6. The summed E-state index contributed by atoms with van der Waals surface area (Å²) in [5.74, 6) is 0.686. The molecule has 11 heteroatoms. The lowest BCUT2D eigenvalue weighted by Gasteiger charge is -2.42. The number of rotatable bonds is 4. The maximum absolute atomic E-state index is 15.2. The van der Waals surface area contributed by atoms with Gasteiger partial charge in [0.1, 0.15) is 23.5 Å². The van der Waals surface area contributed by atoms with Crippen LogP contribution in [0.1, 0.15) is 59.3 Å². The highest BCUT2D eigenvalue weighted by molar-refractivity contribution is 6.30. The van der Waals surface area contributed by atoms with E-state index in [2.05, 4.69) is 19.8 Å². The van der Waals surface area contributed by atoms with E-state index in [-0.39, 0.29) is 40.4 Å². The summed E-state index contributed by atoms with van der Waals surface area (Å²) in [6.45, 7) is 8.38. The summed E-state index contributed by atoms with van der Waals surface area (Å²) in [5.41, 5.74) is -0.403. The normalized spacial score (nSPS) is 32.0. The van der Waals surface area contributed by atoms with Gasteiger partial charge in [-0.2, -0.15) is 9.97 Å². The second-order valence-electron chi connectivity index (χ2n) is 12.7. The van der Waals surface area contributed by atoms with Crippen LogP contribution in [0.3, 0.4) is 0 Å². The Morgan fingerprint density at radius 3 is 2.74 bits per heavy atom. The summed E-state index contributed by atoms with van der Waals surface area (Å²) >= 11 is 6.05. The van der Waals surface area contributed by atoms with Crippen molar-refractivity contribution in [2.45, 2.75) is 88.6 Å². The van der Waals surface area contributed by atoms with E-state index in [4.69, 9.17) is 26.1 Å². The van der Waals surface area contributed by atoms with Crippen LogP contribution in [0.15, 0.2) is 6.20 Å². The SMILES string of the molecule is CC(C)(C)OC(=O)N1[C@@H]2CC[C@H]1CN(c1nc(OCC34CCCN3C3CC3C4)nc3c(F)c(Cl)ncc13)C2. The summed E-state index contributed by atoms with van der Waals surface area (Å²) in [4.78, 5) is 32.9. The molecule has 2 bridgehead atoms. The Morgan fingerprint density at radius 1 is 1.24 bits per heavy atom. The maximum atomic E-state index is 15.2. The van der Waals surface area contributed by atoms with Crippen LogP contribution in [0.25, 0.3) is 10.9 Å². The van der Waals surface area contributed by atoms with Crippen LogP contribution in [-0.2, 0) is 4.74 Å². The van der Waals surface area contributed by atoms with E-state index >= 15 is 4.39 Å². The van der Waals surface area contributed by atoms with Crippen LogP contribution < -0.4 is 9.64 Å². The average Bonchev–Trinajstić information content (AvgIpc) is 3.22. The molecule has 7 rings (SSSR count). The third-order valence-corrected chi connectivity index (χ3v) is 9.30. The van der Waals surface area contributed by atoms with Gasteiger partial charge in [-0.15, -0.1) is 0 Å². The van der Waals surface area contributed by atoms with Crippen molar-refractivity contribution < 1.29 is 18.7 Å². The molecule has 5 aliphatic rings. The highest BCUT2D eigenvalue weighted by Gasteiger charge is 2.61. The summed E-state index contributed by atoms with van der Waals surface area (Å²) in [6, 6.07) is 0.837. The summed E-state index contributed by atoms with van der Waals surface area (Å²) in [7, 11) is 0. The van der Waals surface area contributed by atoms with Crippen LogP contribution in [-0.4, -0.2) is 86.4 Å². The smallest absolute Gasteiger partial charge is 0.410 e. The minimum atomic E-state index is -0.671. The molecular formula is C27H34ClFN6O3. The number of amides is 1. The van der Waals surface area contributed by atoms with Gasteiger partial charge in [0.15, 0.2) is 11.0 Å². The van der Waals surface area contributed by atoms with Crippen LogP contribution in [0.2, 0.25) is 5.15 Å². The van der Waals surface area contributed by atoms with E-state index in [1.54, 1.807) is 0 Å². The fourth-order valence-corrected chi connectivity index (χ4v) is 7.56. The van der Waals surface area contributed by atoms with Crippen molar-refractivity contribution in [3.63, 3.8) is 0 Å². The second kappa shape index (κ2) is 8.52. The standard InChI is InChI=1S/C27H34ClFN6O3/c1-26(2,3)38-25(36)35-16-5-6-17(35)13-33(12-16)23-18-11-30-22(28)20(29)21(18)31-24(32-23)37-14-27-7-4-8-34(27)19-9-15(19)10-27/h11,15-17,19H,4-10,12-14H2,1-3H3/t15?,16-,17+,19?,27?. The molecular weight excluding hydrogens is 511 g/mol. The molecule has 0 N–H and O–H groups in total. The molecule has 4 aliphatic heterocycles. The molecule has 0 aromatic carbocycles. The van der Waals surface area contributed by atoms with Gasteiger partial charge < -0.3 is 14.4 Å². The van der Waals surface area contributed by atoms with Gasteiger partial charge >= 0.3 is 12.1 Å². The molecule has 9 nitrogen and oxygen atoms in total. The first-order valence-corrected chi connectivity index (χ1v) is 14.2. The summed E-state index contributed by atoms with van der Waals surface area (Å²) in [6.07, 6.45) is 7.75. The fourth-order valence-electron chi connectivity index (χ4n) is 7.42. The van der Waals surface area contributed by atoms with Gasteiger partial charge in [0.2, 0.25) is 0 Å². The van der Waals surface area contributed by atoms with E-state index in [1.807, 2.05) is 25.7 Å². The van der Waals surface area contributed by atoms with Gasteiger partial charge in [-0.05, 0) is 71.8 Å². The Labute approximate surface area is 226 Å². The third kappa shape index (κ3) is 3.97. The lowest BCUT2D eigenvalue weighted by atomic mass is 9.93. The minimum absolute atomic E-state index is 0.0146. The number of ether oxygens (including phenoxy) is 2. The number of hydrogen-bond donors (Lipinski definition) is 0. The lowest BCUT2D eigenvalue weighted by Crippen LogP contribution is -2.57. The highest BCUT2D eigenvalue weighted by atomic mass is 35.5. The molecule has 2 aromatic rings. The number of halogens is 2. The Bertz CT molecular complexity index is 1290. The quantitative estimate of drug-likeness (QED) is 0.523. The largest absolute Gasteiger partial charge is 0.461 e. The van der Waals surface area contributed by atoms with Crippen LogP contribution >= 0.6 is 11.6 Å². The summed E-state index contributed by atoms with van der Waals surface area (Å²) < 4.78 is 27.2. The van der Waals surface area contributed by atoms with Gasteiger partial charge in [-0.25, -0.2) is 14.2 Å². The first-order valence-electron chi connectivity index (χ1n) is 13.8. The van der Waals surface area contributed by atoms with Crippen LogP contribution in [0, 0.1) is 11.7 Å². The average molecular weight is 545 g/mol. The van der Waals surface area contributed by atoms with E-state index in [1.165, 1.54) is 19.0 Å². The molecule has 0 spiro atoms. The predicted octanol–water partition coefficient (Wildman–Crippen LogP) is 4.41. The minimum Gasteiger partial charge on any atom is -0.461 e. The number of carbonyl (C=O) groups excluding carboxylic acids is 1. The molecule has 4 saturated heterocycles. The third-order valence-electron chi connectivity index (χ3n) is 9.04. The number of nitrogens with zero attached hydrogens (tertiary/aromatic N) is 6. The number of piperidine rings is 1. The van der Waals surface area contributed by atoms with E-state index in [0.717, 1.165) is 38.1 Å². The monoisotopic (exact) mass is 544 g/mol. The molecule has 2 aromatic heterocycles. The maximum Gasteiger partial charge on any atom is 0.410 e. The van der Waals surface area contributed by atoms with Crippen molar-refractivity contribution in [1.82, 2.24) is 24.8 Å². The highest BCUT2D eigenvalue weighted by Crippen LogP contribution is 2.56. The van der Waals surface area contributed by atoms with Crippen molar-refractivity contribution in [2.75, 3.05) is 31.1 Å². The van der Waals surface area contributed by atoms with Crippen molar-refractivity contribution in [1.29, 1.82) is 0 Å². The second-order valence-corrected chi connectivity index (χ2v) is 13.1. The fraction of sp³-hybridized carbons (Fsp3) is 0.704. The van der Waals surface area contributed by atoms with Gasteiger partial charge in [0.25, 0.3) is 0 Å². The molecule has 0 radical (unpaired) electrons. The van der Waals surface area contributed by atoms with E-state index < -0.39 is 11.4 Å². The zero-order chi connectivity index (χ0) is 26.4. The zero-order valence-corrected chi connectivity index (χ0v) is 22.9. The number of fused-ring (bicyclic) bond motifs is 6. The van der Waals surface area contributed by atoms with Crippen molar-refractivity contribution in [3.05, 3.63) is 17.2 Å².